The highest BCUT2D eigenvalue weighted by Crippen LogP contribution is 2.38. The van der Waals surface area contributed by atoms with Crippen molar-refractivity contribution >= 4 is 21.2 Å². The first kappa shape index (κ1) is 22.7. The SMILES string of the molecule is CCN(Cc1ccccc1)c1cccc(C)c1S(=O)(=O)c1ccc(N)c(C(F)(F)F)c1. The first-order valence-corrected chi connectivity index (χ1v) is 11.1. The quantitative estimate of drug-likeness (QED) is 0.509. The third kappa shape index (κ3) is 4.69. The molecule has 0 heterocycles. The number of nitrogens with two attached hydrogens (primary N) is 1. The van der Waals surface area contributed by atoms with Crippen molar-refractivity contribution in [3.8, 4) is 0 Å². The Balaban J connectivity index is 2.15. The Morgan fingerprint density at radius 3 is 2.26 bits per heavy atom. The van der Waals surface area contributed by atoms with Crippen LogP contribution in [0.3, 0.4) is 0 Å². The number of sulfone groups is 1. The summed E-state index contributed by atoms with van der Waals surface area (Å²) in [6, 6.07) is 17.3. The maximum Gasteiger partial charge on any atom is 0.418 e. The summed E-state index contributed by atoms with van der Waals surface area (Å²) in [6.07, 6.45) is -4.76. The van der Waals surface area contributed by atoms with Gasteiger partial charge in [0.05, 0.1) is 21.0 Å². The molecule has 3 aromatic carbocycles. The molecular formula is C23H23F3N2O2S. The highest BCUT2D eigenvalue weighted by atomic mass is 32.2. The number of hydrogen-bond acceptors (Lipinski definition) is 4. The molecule has 2 N–H and O–H groups in total. The molecule has 0 atom stereocenters. The fraction of sp³-hybridized carbons (Fsp3) is 0.217. The molecule has 0 saturated carbocycles. The van der Waals surface area contributed by atoms with Gasteiger partial charge in [-0.2, -0.15) is 13.2 Å². The molecule has 4 nitrogen and oxygen atoms in total. The van der Waals surface area contributed by atoms with Gasteiger partial charge in [-0.15, -0.1) is 0 Å². The van der Waals surface area contributed by atoms with E-state index in [1.165, 1.54) is 0 Å². The molecule has 3 aromatic rings. The molecule has 0 aliphatic heterocycles. The molecule has 0 bridgehead atoms. The van der Waals surface area contributed by atoms with Crippen LogP contribution in [0.5, 0.6) is 0 Å². The van der Waals surface area contributed by atoms with Gasteiger partial charge in [0.2, 0.25) is 9.84 Å². The Bertz CT molecular complexity index is 1180. The Kier molecular flexibility index (Phi) is 6.31. The summed E-state index contributed by atoms with van der Waals surface area (Å²) < 4.78 is 67.0. The van der Waals surface area contributed by atoms with E-state index in [0.717, 1.165) is 17.7 Å². The first-order valence-electron chi connectivity index (χ1n) is 9.66. The predicted octanol–water partition coefficient (Wildman–Crippen LogP) is 5.46. The van der Waals surface area contributed by atoms with Crippen LogP contribution >= 0.6 is 0 Å². The predicted molar refractivity (Wildman–Crippen MR) is 116 cm³/mol. The van der Waals surface area contributed by atoms with Crippen LogP contribution in [0.25, 0.3) is 0 Å². The molecule has 0 fully saturated rings. The van der Waals surface area contributed by atoms with Gasteiger partial charge in [0.15, 0.2) is 0 Å². The Morgan fingerprint density at radius 1 is 0.968 bits per heavy atom. The minimum absolute atomic E-state index is 0.00863. The molecule has 0 aromatic heterocycles. The molecular weight excluding hydrogens is 425 g/mol. The van der Waals surface area contributed by atoms with Gasteiger partial charge in [-0.1, -0.05) is 42.5 Å². The van der Waals surface area contributed by atoms with Crippen LogP contribution in [0.2, 0.25) is 0 Å². The van der Waals surface area contributed by atoms with Gasteiger partial charge < -0.3 is 10.6 Å². The molecule has 164 valence electrons. The second kappa shape index (κ2) is 8.63. The van der Waals surface area contributed by atoms with Crippen LogP contribution in [-0.4, -0.2) is 15.0 Å². The molecule has 0 radical (unpaired) electrons. The summed E-state index contributed by atoms with van der Waals surface area (Å²) in [5, 5.41) is 0. The zero-order valence-corrected chi connectivity index (χ0v) is 18.0. The lowest BCUT2D eigenvalue weighted by Gasteiger charge is -2.27. The summed E-state index contributed by atoms with van der Waals surface area (Å²) in [6.45, 7) is 4.50. The first-order chi connectivity index (χ1) is 14.6. The van der Waals surface area contributed by atoms with Crippen molar-refractivity contribution in [1.82, 2.24) is 0 Å². The molecule has 0 unspecified atom stereocenters. The molecule has 8 heteroatoms. The maximum absolute atomic E-state index is 13.5. The van der Waals surface area contributed by atoms with Crippen LogP contribution in [-0.2, 0) is 22.6 Å². The third-order valence-corrected chi connectivity index (χ3v) is 6.98. The monoisotopic (exact) mass is 448 g/mol. The van der Waals surface area contributed by atoms with Crippen molar-refractivity contribution < 1.29 is 21.6 Å². The third-order valence-electron chi connectivity index (χ3n) is 5.04. The molecule has 0 spiro atoms. The number of benzene rings is 3. The van der Waals surface area contributed by atoms with Crippen molar-refractivity contribution in [1.29, 1.82) is 0 Å². The fourth-order valence-corrected chi connectivity index (χ4v) is 5.19. The van der Waals surface area contributed by atoms with Crippen LogP contribution in [0.1, 0.15) is 23.6 Å². The molecule has 3 rings (SSSR count). The summed E-state index contributed by atoms with van der Waals surface area (Å²) in [5.41, 5.74) is 5.65. The van der Waals surface area contributed by atoms with Gasteiger partial charge in [-0.3, -0.25) is 0 Å². The van der Waals surface area contributed by atoms with E-state index in [0.29, 0.717) is 30.4 Å². The molecule has 0 saturated heterocycles. The summed E-state index contributed by atoms with van der Waals surface area (Å²) >= 11 is 0. The number of nitrogen functional groups attached to an aromatic ring is 1. The smallest absolute Gasteiger partial charge is 0.398 e. The van der Waals surface area contributed by atoms with Crippen molar-refractivity contribution in [2.75, 3.05) is 17.2 Å². The van der Waals surface area contributed by atoms with Crippen LogP contribution < -0.4 is 10.6 Å². The van der Waals surface area contributed by atoms with Gasteiger partial charge >= 0.3 is 6.18 Å². The second-order valence-electron chi connectivity index (χ2n) is 7.17. The van der Waals surface area contributed by atoms with E-state index < -0.39 is 32.2 Å². The number of anilines is 2. The topological polar surface area (TPSA) is 63.4 Å². The van der Waals surface area contributed by atoms with Gasteiger partial charge in [0.1, 0.15) is 0 Å². The summed E-state index contributed by atoms with van der Waals surface area (Å²) in [4.78, 5) is 1.43. The average molecular weight is 449 g/mol. The maximum atomic E-state index is 13.5. The van der Waals surface area contributed by atoms with Crippen molar-refractivity contribution in [2.24, 2.45) is 0 Å². The lowest BCUT2D eigenvalue weighted by molar-refractivity contribution is -0.137. The van der Waals surface area contributed by atoms with Gasteiger partial charge in [-0.05, 0) is 49.2 Å². The number of hydrogen-bond donors (Lipinski definition) is 1. The zero-order chi connectivity index (χ0) is 22.8. The van der Waals surface area contributed by atoms with E-state index in [9.17, 15) is 21.6 Å². The highest BCUT2D eigenvalue weighted by Gasteiger charge is 2.35. The molecule has 0 aliphatic carbocycles. The number of aryl methyl sites for hydroxylation is 1. The van der Waals surface area contributed by atoms with Crippen molar-refractivity contribution in [2.45, 2.75) is 36.4 Å². The largest absolute Gasteiger partial charge is 0.418 e. The minimum atomic E-state index is -4.76. The van der Waals surface area contributed by atoms with Crippen LogP contribution in [0.4, 0.5) is 24.5 Å². The number of alkyl halides is 3. The number of rotatable bonds is 6. The van der Waals surface area contributed by atoms with Gasteiger partial charge in [0, 0.05) is 18.8 Å². The van der Waals surface area contributed by atoms with E-state index in [2.05, 4.69) is 0 Å². The van der Waals surface area contributed by atoms with Crippen molar-refractivity contribution in [3.63, 3.8) is 0 Å². The lowest BCUT2D eigenvalue weighted by atomic mass is 10.1. The van der Waals surface area contributed by atoms with Crippen LogP contribution in [0.15, 0.2) is 76.5 Å². The summed E-state index contributed by atoms with van der Waals surface area (Å²) in [5.74, 6) is 0. The molecule has 0 amide bonds. The minimum Gasteiger partial charge on any atom is -0.398 e. The standard InChI is InChI=1S/C23H23F3N2O2S/c1-3-28(15-17-9-5-4-6-10-17)21-11-7-8-16(2)22(21)31(29,30)18-12-13-20(27)19(14-18)23(24,25)26/h4-14H,3,15,27H2,1-2H3. The Morgan fingerprint density at radius 2 is 1.65 bits per heavy atom. The Hall–Kier alpha value is -3.00. The van der Waals surface area contributed by atoms with E-state index in [-0.39, 0.29) is 4.90 Å². The summed E-state index contributed by atoms with van der Waals surface area (Å²) in [7, 11) is -4.24. The number of halogens is 3. The molecule has 0 aliphatic rings. The van der Waals surface area contributed by atoms with Crippen LogP contribution in [0, 0.1) is 6.92 Å². The van der Waals surface area contributed by atoms with E-state index >= 15 is 0 Å². The zero-order valence-electron chi connectivity index (χ0n) is 17.1. The van der Waals surface area contributed by atoms with Gasteiger partial charge in [-0.25, -0.2) is 8.42 Å². The Labute approximate surface area is 180 Å². The van der Waals surface area contributed by atoms with E-state index in [4.69, 9.17) is 5.73 Å². The van der Waals surface area contributed by atoms with Gasteiger partial charge in [0.25, 0.3) is 0 Å². The number of nitrogens with zero attached hydrogens (tertiary/aromatic N) is 1. The molecule has 31 heavy (non-hydrogen) atoms. The van der Waals surface area contributed by atoms with Crippen molar-refractivity contribution in [3.05, 3.63) is 83.4 Å². The van der Waals surface area contributed by atoms with E-state index in [1.54, 1.807) is 25.1 Å². The fourth-order valence-electron chi connectivity index (χ4n) is 3.47. The average Bonchev–Trinajstić information content (AvgIpc) is 2.71. The second-order valence-corrected chi connectivity index (χ2v) is 9.06. The lowest BCUT2D eigenvalue weighted by Crippen LogP contribution is -2.24. The van der Waals surface area contributed by atoms with E-state index in [1.807, 2.05) is 42.2 Å². The normalized spacial score (nSPS) is 12.0. The highest BCUT2D eigenvalue weighted by molar-refractivity contribution is 7.91.